The minimum atomic E-state index is 0.0321. The summed E-state index contributed by atoms with van der Waals surface area (Å²) in [7, 11) is 0. The summed E-state index contributed by atoms with van der Waals surface area (Å²) in [5, 5.41) is 8.80. The van der Waals surface area contributed by atoms with Gasteiger partial charge in [0.2, 0.25) is 11.6 Å². The predicted octanol–water partition coefficient (Wildman–Crippen LogP) is 2.96. The Hall–Kier alpha value is -1.82. The molecule has 0 bridgehead atoms. The maximum absolute atomic E-state index is 8.77. The third kappa shape index (κ3) is 3.89. The van der Waals surface area contributed by atoms with Crippen LogP contribution in [0.15, 0.2) is 6.07 Å². The number of hydrogen-bond acceptors (Lipinski definition) is 4. The second-order valence-electron chi connectivity index (χ2n) is 3.64. The summed E-state index contributed by atoms with van der Waals surface area (Å²) < 4.78 is 10.6. The Morgan fingerprint density at radius 1 is 1.56 bits per heavy atom. The molecule has 0 radical (unpaired) electrons. The second-order valence-corrected chi connectivity index (χ2v) is 4.00. The zero-order valence-corrected chi connectivity index (χ0v) is 10.9. The zero-order chi connectivity index (χ0) is 13.5. The lowest BCUT2D eigenvalue weighted by Crippen LogP contribution is -2.11. The molecule has 0 unspecified atom stereocenters. The molecule has 0 amide bonds. The van der Waals surface area contributed by atoms with Crippen molar-refractivity contribution in [1.82, 2.24) is 4.98 Å². The van der Waals surface area contributed by atoms with Gasteiger partial charge < -0.3 is 9.47 Å². The van der Waals surface area contributed by atoms with Crippen LogP contribution in [0.5, 0.6) is 5.88 Å². The van der Waals surface area contributed by atoms with Crippen molar-refractivity contribution in [3.63, 3.8) is 0 Å². The molecule has 0 aliphatic heterocycles. The molecule has 0 N–H and O–H groups in total. The molecule has 0 atom stereocenters. The monoisotopic (exact) mass is 265 g/mol. The van der Waals surface area contributed by atoms with Crippen molar-refractivity contribution < 1.29 is 9.47 Å². The molecular formula is C12H12ClN3O2. The van der Waals surface area contributed by atoms with Crippen LogP contribution in [0.2, 0.25) is 5.15 Å². The van der Waals surface area contributed by atoms with Gasteiger partial charge in [-0.3, -0.25) is 0 Å². The first-order valence-corrected chi connectivity index (χ1v) is 5.68. The van der Waals surface area contributed by atoms with Crippen LogP contribution < -0.4 is 4.74 Å². The maximum atomic E-state index is 8.77. The lowest BCUT2D eigenvalue weighted by Gasteiger charge is -2.10. The van der Waals surface area contributed by atoms with Crippen molar-refractivity contribution in [3.8, 4) is 11.9 Å². The van der Waals surface area contributed by atoms with E-state index < -0.39 is 0 Å². The Balaban J connectivity index is 2.74. The molecule has 0 aromatic carbocycles. The summed E-state index contributed by atoms with van der Waals surface area (Å²) in [5.41, 5.74) is 0.328. The van der Waals surface area contributed by atoms with E-state index in [0.29, 0.717) is 6.61 Å². The van der Waals surface area contributed by atoms with Gasteiger partial charge in [-0.15, -0.1) is 0 Å². The van der Waals surface area contributed by atoms with Gasteiger partial charge in [-0.05, 0) is 19.9 Å². The number of hydrogen-bond donors (Lipinski definition) is 0. The highest BCUT2D eigenvalue weighted by atomic mass is 35.5. The first-order valence-electron chi connectivity index (χ1n) is 5.31. The molecule has 0 saturated heterocycles. The fraction of sp³-hybridized carbons (Fsp3) is 0.417. The minimum absolute atomic E-state index is 0.0321. The van der Waals surface area contributed by atoms with Gasteiger partial charge in [0, 0.05) is 0 Å². The van der Waals surface area contributed by atoms with E-state index in [0.717, 1.165) is 0 Å². The predicted molar refractivity (Wildman–Crippen MR) is 66.8 cm³/mol. The lowest BCUT2D eigenvalue weighted by atomic mass is 10.3. The lowest BCUT2D eigenvalue weighted by molar-refractivity contribution is 0.0545. The number of aromatic nitrogens is 1. The average molecular weight is 266 g/mol. The molecule has 0 spiro atoms. The van der Waals surface area contributed by atoms with Crippen LogP contribution in [0.4, 0.5) is 5.69 Å². The molecule has 1 aromatic heterocycles. The van der Waals surface area contributed by atoms with Gasteiger partial charge in [0.15, 0.2) is 0 Å². The molecule has 1 heterocycles. The summed E-state index contributed by atoms with van der Waals surface area (Å²) in [6, 6.07) is 3.22. The van der Waals surface area contributed by atoms with E-state index in [1.54, 1.807) is 0 Å². The van der Waals surface area contributed by atoms with Crippen LogP contribution in [-0.2, 0) is 4.74 Å². The summed E-state index contributed by atoms with van der Waals surface area (Å²) in [5.74, 6) is 0.126. The largest absolute Gasteiger partial charge is 0.484 e. The molecule has 0 fully saturated rings. The third-order valence-corrected chi connectivity index (χ3v) is 2.22. The van der Waals surface area contributed by atoms with Crippen LogP contribution in [0.1, 0.15) is 19.4 Å². The molecule has 5 nitrogen and oxygen atoms in total. The van der Waals surface area contributed by atoms with Crippen LogP contribution in [-0.4, -0.2) is 24.3 Å². The van der Waals surface area contributed by atoms with E-state index in [9.17, 15) is 0 Å². The van der Waals surface area contributed by atoms with Crippen molar-refractivity contribution in [2.24, 2.45) is 0 Å². The van der Waals surface area contributed by atoms with Gasteiger partial charge in [0.05, 0.1) is 24.8 Å². The van der Waals surface area contributed by atoms with Crippen LogP contribution >= 0.6 is 11.6 Å². The number of nitriles is 1. The normalized spacial score (nSPS) is 9.89. The van der Waals surface area contributed by atoms with Crippen molar-refractivity contribution in [2.45, 2.75) is 20.0 Å². The van der Waals surface area contributed by atoms with Gasteiger partial charge in [0.1, 0.15) is 17.8 Å². The van der Waals surface area contributed by atoms with E-state index >= 15 is 0 Å². The zero-order valence-electron chi connectivity index (χ0n) is 10.1. The highest BCUT2D eigenvalue weighted by molar-refractivity contribution is 6.30. The Labute approximate surface area is 111 Å². The molecule has 0 aliphatic carbocycles. The third-order valence-electron chi connectivity index (χ3n) is 1.94. The second kappa shape index (κ2) is 6.80. The molecule has 94 valence electrons. The van der Waals surface area contributed by atoms with E-state index in [4.69, 9.17) is 32.9 Å². The first-order chi connectivity index (χ1) is 8.58. The van der Waals surface area contributed by atoms with Crippen molar-refractivity contribution in [3.05, 3.63) is 28.2 Å². The standard InChI is InChI=1S/C12H12ClN3O2/c1-8(2)17-4-5-18-12-10(15-3)6-9(7-14)11(13)16-12/h6,8H,4-5H2,1-2H3. The van der Waals surface area contributed by atoms with Crippen LogP contribution in [0, 0.1) is 17.9 Å². The van der Waals surface area contributed by atoms with Gasteiger partial charge >= 0.3 is 0 Å². The summed E-state index contributed by atoms with van der Waals surface area (Å²) in [6.45, 7) is 11.5. The van der Waals surface area contributed by atoms with E-state index in [1.165, 1.54) is 6.07 Å². The molecule has 6 heteroatoms. The number of ether oxygens (including phenoxy) is 2. The first kappa shape index (κ1) is 14.2. The molecule has 0 aliphatic rings. The SMILES string of the molecule is [C-]#[N+]c1cc(C#N)c(Cl)nc1OCCOC(C)C. The fourth-order valence-corrected chi connectivity index (χ4v) is 1.33. The molecule has 18 heavy (non-hydrogen) atoms. The minimum Gasteiger partial charge on any atom is -0.484 e. The Morgan fingerprint density at radius 3 is 2.83 bits per heavy atom. The number of nitrogens with zero attached hydrogens (tertiary/aromatic N) is 3. The Kier molecular flexibility index (Phi) is 5.38. The van der Waals surface area contributed by atoms with Gasteiger partial charge in [-0.2, -0.15) is 5.26 Å². The Bertz CT molecular complexity index is 503. The smallest absolute Gasteiger partial charge is 0.248 e. The van der Waals surface area contributed by atoms with E-state index in [2.05, 4.69) is 9.83 Å². The molecule has 1 rings (SSSR count). The van der Waals surface area contributed by atoms with Gasteiger partial charge in [0.25, 0.3) is 0 Å². The van der Waals surface area contributed by atoms with Crippen molar-refractivity contribution in [2.75, 3.05) is 13.2 Å². The summed E-state index contributed by atoms with van der Waals surface area (Å²) >= 11 is 5.77. The van der Waals surface area contributed by atoms with Crippen LogP contribution in [0.3, 0.4) is 0 Å². The molecule has 1 aromatic rings. The maximum Gasteiger partial charge on any atom is 0.248 e. The average Bonchev–Trinajstić information content (AvgIpc) is 2.34. The number of pyridine rings is 1. The van der Waals surface area contributed by atoms with E-state index in [-0.39, 0.29) is 35.0 Å². The fourth-order valence-electron chi connectivity index (χ4n) is 1.15. The van der Waals surface area contributed by atoms with Crippen molar-refractivity contribution in [1.29, 1.82) is 5.26 Å². The topological polar surface area (TPSA) is 59.5 Å². The highest BCUT2D eigenvalue weighted by Gasteiger charge is 2.11. The van der Waals surface area contributed by atoms with E-state index in [1.807, 2.05) is 19.9 Å². The molecule has 0 saturated carbocycles. The van der Waals surface area contributed by atoms with Gasteiger partial charge in [-0.25, -0.2) is 9.83 Å². The summed E-state index contributed by atoms with van der Waals surface area (Å²) in [4.78, 5) is 7.13. The number of halogens is 1. The quantitative estimate of drug-likeness (QED) is 0.466. The Morgan fingerprint density at radius 2 is 2.28 bits per heavy atom. The van der Waals surface area contributed by atoms with Crippen molar-refractivity contribution >= 4 is 17.3 Å². The summed E-state index contributed by atoms with van der Waals surface area (Å²) in [6.07, 6.45) is 0.117. The van der Waals surface area contributed by atoms with Crippen LogP contribution in [0.25, 0.3) is 4.85 Å². The van der Waals surface area contributed by atoms with Gasteiger partial charge in [-0.1, -0.05) is 11.6 Å². The molecular weight excluding hydrogens is 254 g/mol. The number of rotatable bonds is 5. The highest BCUT2D eigenvalue weighted by Crippen LogP contribution is 2.29.